The largest absolute Gasteiger partial charge is 0.506 e. The first-order chi connectivity index (χ1) is 10.6. The van der Waals surface area contributed by atoms with E-state index < -0.39 is 10.8 Å². The predicted molar refractivity (Wildman–Crippen MR) is 80.0 cm³/mol. The van der Waals surface area contributed by atoms with Crippen LogP contribution in [0, 0.1) is 10.1 Å². The zero-order valence-electron chi connectivity index (χ0n) is 11.1. The van der Waals surface area contributed by atoms with E-state index in [1.807, 2.05) is 0 Å². The molecule has 7 nitrogen and oxygen atoms in total. The Morgan fingerprint density at radius 2 is 2.23 bits per heavy atom. The summed E-state index contributed by atoms with van der Waals surface area (Å²) in [5.74, 6) is -0.0471. The van der Waals surface area contributed by atoms with Crippen molar-refractivity contribution in [3.8, 4) is 5.75 Å². The molecule has 0 aliphatic carbocycles. The number of nitro groups is 1. The highest BCUT2D eigenvalue weighted by molar-refractivity contribution is 7.21. The molecule has 1 amide bonds. The van der Waals surface area contributed by atoms with Crippen LogP contribution in [-0.2, 0) is 6.54 Å². The van der Waals surface area contributed by atoms with Crippen LogP contribution in [0.4, 0.5) is 5.69 Å². The number of nitrogens with zero attached hydrogens (tertiary/aromatic N) is 1. The van der Waals surface area contributed by atoms with Crippen molar-refractivity contribution >= 4 is 33.0 Å². The van der Waals surface area contributed by atoms with Crippen molar-refractivity contribution in [1.82, 2.24) is 5.32 Å². The van der Waals surface area contributed by atoms with Gasteiger partial charge in [-0.05, 0) is 18.2 Å². The minimum Gasteiger partial charge on any atom is -0.506 e. The standard InChI is InChI=1S/C14H10N2O5S/c17-12-10-4-3-8(16(19)20)6-11(10)22-13(12)14(18)15-7-9-2-1-5-21-9/h1-6,17H,7H2,(H,15,18). The molecule has 0 atom stereocenters. The number of nitrogens with one attached hydrogen (secondary N) is 1. The van der Waals surface area contributed by atoms with E-state index in [1.165, 1.54) is 24.5 Å². The number of furan rings is 1. The Morgan fingerprint density at radius 3 is 2.91 bits per heavy atom. The third-order valence-corrected chi connectivity index (χ3v) is 4.21. The highest BCUT2D eigenvalue weighted by Crippen LogP contribution is 2.38. The van der Waals surface area contributed by atoms with E-state index in [-0.39, 0.29) is 22.9 Å². The second-order valence-corrected chi connectivity index (χ2v) is 5.53. The highest BCUT2D eigenvalue weighted by atomic mass is 32.1. The van der Waals surface area contributed by atoms with Gasteiger partial charge in [-0.2, -0.15) is 0 Å². The number of carbonyl (C=O) groups is 1. The Morgan fingerprint density at radius 1 is 1.41 bits per heavy atom. The maximum atomic E-state index is 12.1. The van der Waals surface area contributed by atoms with E-state index in [4.69, 9.17) is 4.42 Å². The Bertz CT molecular complexity index is 854. The van der Waals surface area contributed by atoms with Crippen molar-refractivity contribution in [2.45, 2.75) is 6.54 Å². The summed E-state index contributed by atoms with van der Waals surface area (Å²) in [4.78, 5) is 22.5. The number of non-ortho nitro benzene ring substituents is 1. The molecule has 0 radical (unpaired) electrons. The fourth-order valence-electron chi connectivity index (χ4n) is 2.00. The van der Waals surface area contributed by atoms with Gasteiger partial charge in [0.05, 0.1) is 17.7 Å². The number of nitro benzene ring substituents is 1. The Labute approximate surface area is 127 Å². The van der Waals surface area contributed by atoms with Crippen molar-refractivity contribution < 1.29 is 19.2 Å². The molecular weight excluding hydrogens is 308 g/mol. The van der Waals surface area contributed by atoms with Crippen molar-refractivity contribution in [3.05, 3.63) is 57.3 Å². The Hall–Kier alpha value is -2.87. The average Bonchev–Trinajstić information content (AvgIpc) is 3.12. The number of hydrogen-bond acceptors (Lipinski definition) is 6. The summed E-state index contributed by atoms with van der Waals surface area (Å²) in [5, 5.41) is 23.9. The molecular formula is C14H10N2O5S. The molecule has 0 unspecified atom stereocenters. The molecule has 0 aliphatic rings. The monoisotopic (exact) mass is 318 g/mol. The van der Waals surface area contributed by atoms with Gasteiger partial charge >= 0.3 is 0 Å². The normalized spacial score (nSPS) is 10.7. The molecule has 0 aliphatic heterocycles. The second kappa shape index (κ2) is 5.49. The van der Waals surface area contributed by atoms with Gasteiger partial charge < -0.3 is 14.8 Å². The summed E-state index contributed by atoms with van der Waals surface area (Å²) < 4.78 is 5.58. The van der Waals surface area contributed by atoms with Crippen molar-refractivity contribution in [1.29, 1.82) is 0 Å². The van der Waals surface area contributed by atoms with Gasteiger partial charge in [0.1, 0.15) is 16.4 Å². The summed E-state index contributed by atoms with van der Waals surface area (Å²) in [5.41, 5.74) is -0.0868. The van der Waals surface area contributed by atoms with E-state index in [1.54, 1.807) is 12.1 Å². The minimum absolute atomic E-state index is 0.0868. The first-order valence-electron chi connectivity index (χ1n) is 6.27. The van der Waals surface area contributed by atoms with Gasteiger partial charge in [-0.15, -0.1) is 11.3 Å². The lowest BCUT2D eigenvalue weighted by atomic mass is 10.2. The highest BCUT2D eigenvalue weighted by Gasteiger charge is 2.19. The van der Waals surface area contributed by atoms with Gasteiger partial charge in [-0.25, -0.2) is 0 Å². The SMILES string of the molecule is O=C(NCc1ccco1)c1sc2cc([N+](=O)[O-])ccc2c1O. The van der Waals surface area contributed by atoms with Crippen molar-refractivity contribution in [3.63, 3.8) is 0 Å². The lowest BCUT2D eigenvalue weighted by Gasteiger charge is -2.01. The van der Waals surface area contributed by atoms with Crippen LogP contribution >= 0.6 is 11.3 Å². The van der Waals surface area contributed by atoms with Crippen LogP contribution in [0.25, 0.3) is 10.1 Å². The van der Waals surface area contributed by atoms with E-state index in [2.05, 4.69) is 5.32 Å². The number of amides is 1. The Kier molecular flexibility index (Phi) is 3.51. The third kappa shape index (κ3) is 2.51. The summed E-state index contributed by atoms with van der Waals surface area (Å²) in [6, 6.07) is 7.48. The molecule has 2 aromatic heterocycles. The van der Waals surface area contributed by atoms with E-state index in [0.717, 1.165) is 11.3 Å². The molecule has 3 aromatic rings. The van der Waals surface area contributed by atoms with Gasteiger partial charge in [0.2, 0.25) is 0 Å². The summed E-state index contributed by atoms with van der Waals surface area (Å²) in [7, 11) is 0. The fourth-order valence-corrected chi connectivity index (χ4v) is 3.05. The third-order valence-electron chi connectivity index (χ3n) is 3.07. The van der Waals surface area contributed by atoms with Crippen LogP contribution in [0.2, 0.25) is 0 Å². The molecule has 2 N–H and O–H groups in total. The lowest BCUT2D eigenvalue weighted by molar-refractivity contribution is -0.384. The zero-order chi connectivity index (χ0) is 15.7. The predicted octanol–water partition coefficient (Wildman–Crippen LogP) is 3.04. The first kappa shape index (κ1) is 14.1. The summed E-state index contributed by atoms with van der Waals surface area (Å²) in [6.45, 7) is 0.194. The van der Waals surface area contributed by atoms with E-state index in [9.17, 15) is 20.0 Å². The topological polar surface area (TPSA) is 106 Å². The smallest absolute Gasteiger partial charge is 0.270 e. The molecule has 22 heavy (non-hydrogen) atoms. The molecule has 0 fully saturated rings. The van der Waals surface area contributed by atoms with Gasteiger partial charge in [-0.1, -0.05) is 0 Å². The van der Waals surface area contributed by atoms with Crippen LogP contribution in [-0.4, -0.2) is 15.9 Å². The lowest BCUT2D eigenvalue weighted by Crippen LogP contribution is -2.21. The van der Waals surface area contributed by atoms with Crippen LogP contribution in [0.1, 0.15) is 15.4 Å². The van der Waals surface area contributed by atoms with E-state index in [0.29, 0.717) is 15.8 Å². The molecule has 0 saturated heterocycles. The molecule has 0 saturated carbocycles. The van der Waals surface area contributed by atoms with Gasteiger partial charge in [-0.3, -0.25) is 14.9 Å². The average molecular weight is 318 g/mol. The molecule has 112 valence electrons. The minimum atomic E-state index is -0.521. The number of carbonyl (C=O) groups excluding carboxylic acids is 1. The summed E-state index contributed by atoms with van der Waals surface area (Å²) >= 11 is 1.00. The van der Waals surface area contributed by atoms with Crippen molar-refractivity contribution in [2.75, 3.05) is 0 Å². The van der Waals surface area contributed by atoms with Crippen LogP contribution in [0.15, 0.2) is 41.0 Å². The van der Waals surface area contributed by atoms with Gasteiger partial charge in [0, 0.05) is 22.2 Å². The number of benzene rings is 1. The molecule has 1 aromatic carbocycles. The maximum absolute atomic E-state index is 12.1. The molecule has 2 heterocycles. The zero-order valence-corrected chi connectivity index (χ0v) is 11.9. The van der Waals surface area contributed by atoms with Crippen molar-refractivity contribution in [2.24, 2.45) is 0 Å². The second-order valence-electron chi connectivity index (χ2n) is 4.48. The van der Waals surface area contributed by atoms with Crippen LogP contribution < -0.4 is 5.32 Å². The fraction of sp³-hybridized carbons (Fsp3) is 0.0714. The quantitative estimate of drug-likeness (QED) is 0.568. The van der Waals surface area contributed by atoms with Crippen LogP contribution in [0.5, 0.6) is 5.75 Å². The van der Waals surface area contributed by atoms with Gasteiger partial charge in [0.25, 0.3) is 11.6 Å². The first-order valence-corrected chi connectivity index (χ1v) is 7.08. The molecule has 0 spiro atoms. The van der Waals surface area contributed by atoms with Crippen LogP contribution in [0.3, 0.4) is 0 Å². The molecule has 0 bridgehead atoms. The molecule has 8 heteroatoms. The number of hydrogen-bond donors (Lipinski definition) is 2. The number of aromatic hydroxyl groups is 1. The number of fused-ring (bicyclic) bond motifs is 1. The summed E-state index contributed by atoms with van der Waals surface area (Å²) in [6.07, 6.45) is 1.50. The van der Waals surface area contributed by atoms with E-state index >= 15 is 0 Å². The molecule has 3 rings (SSSR count). The maximum Gasteiger partial charge on any atom is 0.270 e. The number of rotatable bonds is 4. The van der Waals surface area contributed by atoms with Gasteiger partial charge in [0.15, 0.2) is 0 Å². The Balaban J connectivity index is 1.88. The number of thiophene rings is 1.